The summed E-state index contributed by atoms with van der Waals surface area (Å²) < 4.78 is 10.9. The first kappa shape index (κ1) is 16.1. The van der Waals surface area contributed by atoms with Crippen molar-refractivity contribution in [3.8, 4) is 5.75 Å². The van der Waals surface area contributed by atoms with Crippen LogP contribution >= 0.6 is 0 Å². The zero-order valence-corrected chi connectivity index (χ0v) is 12.8. The lowest BCUT2D eigenvalue weighted by Crippen LogP contribution is -2.46. The lowest BCUT2D eigenvalue weighted by Gasteiger charge is -2.29. The molecular weight excluding hydrogens is 286 g/mol. The van der Waals surface area contributed by atoms with Crippen LogP contribution in [0.5, 0.6) is 5.75 Å². The fourth-order valence-corrected chi connectivity index (χ4v) is 2.17. The molecule has 1 saturated heterocycles. The molecule has 1 aromatic rings. The number of primary amides is 1. The number of urea groups is 1. The maximum atomic E-state index is 12.2. The first-order chi connectivity index (χ1) is 10.5. The van der Waals surface area contributed by atoms with Gasteiger partial charge in [0.05, 0.1) is 13.2 Å². The van der Waals surface area contributed by atoms with Gasteiger partial charge in [-0.3, -0.25) is 9.69 Å². The van der Waals surface area contributed by atoms with Gasteiger partial charge in [-0.15, -0.1) is 0 Å². The van der Waals surface area contributed by atoms with Gasteiger partial charge in [-0.05, 0) is 31.2 Å². The Hall–Kier alpha value is -2.28. The first-order valence-electron chi connectivity index (χ1n) is 7.15. The summed E-state index contributed by atoms with van der Waals surface area (Å²) in [6.07, 6.45) is -0.571. The molecule has 0 radical (unpaired) electrons. The first-order valence-corrected chi connectivity index (χ1v) is 7.15. The second-order valence-electron chi connectivity index (χ2n) is 5.09. The van der Waals surface area contributed by atoms with Crippen molar-refractivity contribution in [2.75, 3.05) is 38.3 Å². The standard InChI is InChI=1S/C15H21N3O4/c1-11(14(19)18-7-9-21-10-8-18)22-13-5-3-12(4-6-13)17(2)15(16)20/h3-6,11H,7-10H2,1-2H3,(H2,16,20)/t11-/m1/s1. The van der Waals surface area contributed by atoms with E-state index in [0.717, 1.165) is 0 Å². The van der Waals surface area contributed by atoms with Crippen molar-refractivity contribution in [3.05, 3.63) is 24.3 Å². The molecule has 2 rings (SSSR count). The molecule has 1 fully saturated rings. The van der Waals surface area contributed by atoms with Crippen LogP contribution in [0.15, 0.2) is 24.3 Å². The Morgan fingerprint density at radius 2 is 1.86 bits per heavy atom. The molecule has 2 N–H and O–H groups in total. The molecule has 1 aliphatic heterocycles. The van der Waals surface area contributed by atoms with Crippen LogP contribution in [0.2, 0.25) is 0 Å². The molecule has 0 aromatic heterocycles. The smallest absolute Gasteiger partial charge is 0.318 e. The van der Waals surface area contributed by atoms with Crippen molar-refractivity contribution in [3.63, 3.8) is 0 Å². The van der Waals surface area contributed by atoms with Gasteiger partial charge < -0.3 is 20.1 Å². The van der Waals surface area contributed by atoms with E-state index in [9.17, 15) is 9.59 Å². The number of amides is 3. The minimum absolute atomic E-state index is 0.0540. The minimum Gasteiger partial charge on any atom is -0.481 e. The summed E-state index contributed by atoms with van der Waals surface area (Å²) in [5.41, 5.74) is 5.86. The Kier molecular flexibility index (Phi) is 5.21. The van der Waals surface area contributed by atoms with Crippen molar-refractivity contribution >= 4 is 17.6 Å². The van der Waals surface area contributed by atoms with E-state index in [-0.39, 0.29) is 5.91 Å². The van der Waals surface area contributed by atoms with Crippen LogP contribution in [0.25, 0.3) is 0 Å². The molecule has 7 heteroatoms. The number of benzene rings is 1. The van der Waals surface area contributed by atoms with Crippen LogP contribution in [-0.4, -0.2) is 56.3 Å². The maximum absolute atomic E-state index is 12.2. The number of ether oxygens (including phenoxy) is 2. The van der Waals surface area contributed by atoms with Crippen LogP contribution < -0.4 is 15.4 Å². The fraction of sp³-hybridized carbons (Fsp3) is 0.467. The van der Waals surface area contributed by atoms with Crippen LogP contribution in [0, 0.1) is 0 Å². The molecule has 0 saturated carbocycles. The lowest BCUT2D eigenvalue weighted by atomic mass is 10.2. The van der Waals surface area contributed by atoms with Crippen LogP contribution in [-0.2, 0) is 9.53 Å². The SMILES string of the molecule is C[C@@H](Oc1ccc(N(C)C(N)=O)cc1)C(=O)N1CCOCC1. The number of nitrogens with zero attached hydrogens (tertiary/aromatic N) is 2. The number of carbonyl (C=O) groups is 2. The Morgan fingerprint density at radius 1 is 1.27 bits per heavy atom. The van der Waals surface area contributed by atoms with Gasteiger partial charge in [0.25, 0.3) is 5.91 Å². The number of hydrogen-bond donors (Lipinski definition) is 1. The van der Waals surface area contributed by atoms with Gasteiger partial charge in [-0.25, -0.2) is 4.79 Å². The summed E-state index contributed by atoms with van der Waals surface area (Å²) in [5.74, 6) is 0.511. The summed E-state index contributed by atoms with van der Waals surface area (Å²) >= 11 is 0. The number of morpholine rings is 1. The highest BCUT2D eigenvalue weighted by Gasteiger charge is 2.23. The molecule has 1 aliphatic rings. The van der Waals surface area contributed by atoms with E-state index in [1.54, 1.807) is 43.1 Å². The molecule has 1 heterocycles. The van der Waals surface area contributed by atoms with Crippen LogP contribution in [0.4, 0.5) is 10.5 Å². The molecule has 0 spiro atoms. The van der Waals surface area contributed by atoms with Crippen molar-refractivity contribution < 1.29 is 19.1 Å². The highest BCUT2D eigenvalue weighted by Crippen LogP contribution is 2.19. The third-order valence-corrected chi connectivity index (χ3v) is 3.54. The average molecular weight is 307 g/mol. The van der Waals surface area contributed by atoms with Crippen molar-refractivity contribution in [1.29, 1.82) is 0 Å². The lowest BCUT2D eigenvalue weighted by molar-refractivity contribution is -0.142. The predicted molar refractivity (Wildman–Crippen MR) is 81.9 cm³/mol. The summed E-state index contributed by atoms with van der Waals surface area (Å²) in [4.78, 5) is 26.4. The molecule has 1 aromatic carbocycles. The third kappa shape index (κ3) is 3.88. The van der Waals surface area contributed by atoms with Crippen LogP contribution in [0.1, 0.15) is 6.92 Å². The van der Waals surface area contributed by atoms with Crippen molar-refractivity contribution in [1.82, 2.24) is 4.90 Å². The summed E-state index contributed by atoms with van der Waals surface area (Å²) in [6, 6.07) is 6.30. The van der Waals surface area contributed by atoms with Crippen LogP contribution in [0.3, 0.4) is 0 Å². The van der Waals surface area contributed by atoms with E-state index in [2.05, 4.69) is 0 Å². The number of rotatable bonds is 4. The Morgan fingerprint density at radius 3 is 2.41 bits per heavy atom. The van der Waals surface area contributed by atoms with E-state index in [4.69, 9.17) is 15.2 Å². The molecule has 7 nitrogen and oxygen atoms in total. The second kappa shape index (κ2) is 7.13. The highest BCUT2D eigenvalue weighted by molar-refractivity contribution is 5.90. The van der Waals surface area contributed by atoms with E-state index >= 15 is 0 Å². The molecular formula is C15H21N3O4. The van der Waals surface area contributed by atoms with Gasteiger partial charge in [0.2, 0.25) is 0 Å². The molecule has 0 bridgehead atoms. The number of carbonyl (C=O) groups excluding carboxylic acids is 2. The monoisotopic (exact) mass is 307 g/mol. The summed E-state index contributed by atoms with van der Waals surface area (Å²) in [6.45, 7) is 4.03. The average Bonchev–Trinajstić information content (AvgIpc) is 2.54. The number of hydrogen-bond acceptors (Lipinski definition) is 4. The zero-order valence-electron chi connectivity index (χ0n) is 12.8. The highest BCUT2D eigenvalue weighted by atomic mass is 16.5. The topological polar surface area (TPSA) is 85.1 Å². The molecule has 22 heavy (non-hydrogen) atoms. The van der Waals surface area contributed by atoms with Gasteiger partial charge in [-0.2, -0.15) is 0 Å². The number of nitrogens with two attached hydrogens (primary N) is 1. The Balaban J connectivity index is 1.95. The number of anilines is 1. The maximum Gasteiger partial charge on any atom is 0.318 e. The van der Waals surface area contributed by atoms with Crippen molar-refractivity contribution in [2.24, 2.45) is 5.73 Å². The summed E-state index contributed by atoms with van der Waals surface area (Å²) in [5, 5.41) is 0. The van der Waals surface area contributed by atoms with Gasteiger partial charge >= 0.3 is 6.03 Å². The van der Waals surface area contributed by atoms with E-state index in [1.165, 1.54) is 4.90 Å². The quantitative estimate of drug-likeness (QED) is 0.892. The van der Waals surface area contributed by atoms with Gasteiger partial charge in [0, 0.05) is 25.8 Å². The Bertz CT molecular complexity index is 526. The summed E-state index contributed by atoms with van der Waals surface area (Å²) in [7, 11) is 1.59. The van der Waals surface area contributed by atoms with E-state index in [0.29, 0.717) is 37.7 Å². The molecule has 3 amide bonds. The zero-order chi connectivity index (χ0) is 16.1. The Labute approximate surface area is 129 Å². The van der Waals surface area contributed by atoms with E-state index < -0.39 is 12.1 Å². The molecule has 1 atom stereocenters. The largest absolute Gasteiger partial charge is 0.481 e. The predicted octanol–water partition coefficient (Wildman–Crippen LogP) is 0.828. The molecule has 0 aliphatic carbocycles. The molecule has 120 valence electrons. The van der Waals surface area contributed by atoms with Crippen molar-refractivity contribution in [2.45, 2.75) is 13.0 Å². The third-order valence-electron chi connectivity index (χ3n) is 3.54. The normalized spacial score (nSPS) is 16.0. The minimum atomic E-state index is -0.571. The van der Waals surface area contributed by atoms with Gasteiger partial charge in [0.15, 0.2) is 6.10 Å². The molecule has 0 unspecified atom stereocenters. The second-order valence-corrected chi connectivity index (χ2v) is 5.09. The fourth-order valence-electron chi connectivity index (χ4n) is 2.17. The van der Waals surface area contributed by atoms with Gasteiger partial charge in [0.1, 0.15) is 5.75 Å². The van der Waals surface area contributed by atoms with E-state index in [1.807, 2.05) is 0 Å². The van der Waals surface area contributed by atoms with Gasteiger partial charge in [-0.1, -0.05) is 0 Å².